The first-order chi connectivity index (χ1) is 16.9. The van der Waals surface area contributed by atoms with Gasteiger partial charge in [0.2, 0.25) is 0 Å². The summed E-state index contributed by atoms with van der Waals surface area (Å²) in [7, 11) is 3.37. The lowest BCUT2D eigenvalue weighted by Gasteiger charge is -2.12. The quantitative estimate of drug-likeness (QED) is 0.411. The molecule has 0 saturated heterocycles. The highest BCUT2D eigenvalue weighted by atomic mass is 16.5. The molecule has 2 N–H and O–H groups in total. The van der Waals surface area contributed by atoms with Gasteiger partial charge < -0.3 is 20.3 Å². The minimum Gasteiger partial charge on any atom is -0.455 e. The molecule has 0 radical (unpaired) electrons. The Hall–Kier alpha value is -4.64. The van der Waals surface area contributed by atoms with E-state index in [2.05, 4.69) is 37.4 Å². The van der Waals surface area contributed by atoms with Crippen molar-refractivity contribution in [3.8, 4) is 23.3 Å². The van der Waals surface area contributed by atoms with Gasteiger partial charge in [0.1, 0.15) is 23.6 Å². The monoisotopic (exact) mass is 466 g/mol. The summed E-state index contributed by atoms with van der Waals surface area (Å²) in [5, 5.41) is 6.95. The van der Waals surface area contributed by atoms with Crippen LogP contribution in [0.4, 0.5) is 16.3 Å². The van der Waals surface area contributed by atoms with E-state index in [9.17, 15) is 4.79 Å². The summed E-state index contributed by atoms with van der Waals surface area (Å²) < 4.78 is 5.97. The van der Waals surface area contributed by atoms with Gasteiger partial charge in [0.25, 0.3) is 0 Å². The van der Waals surface area contributed by atoms with Gasteiger partial charge in [0, 0.05) is 36.4 Å². The average molecular weight is 467 g/mol. The molecular formula is C27H26N6O2. The number of benzene rings is 2. The number of fused-ring (bicyclic) bond motifs is 1. The number of carbonyl (C=O) groups is 1. The van der Waals surface area contributed by atoms with E-state index in [1.54, 1.807) is 20.3 Å². The Morgan fingerprint density at radius 1 is 1.03 bits per heavy atom. The molecule has 4 aromatic rings. The van der Waals surface area contributed by atoms with Crippen LogP contribution in [0.2, 0.25) is 0 Å². The molecule has 35 heavy (non-hydrogen) atoms. The van der Waals surface area contributed by atoms with Crippen LogP contribution >= 0.6 is 0 Å². The summed E-state index contributed by atoms with van der Waals surface area (Å²) in [5.41, 5.74) is 4.40. The zero-order chi connectivity index (χ0) is 24.8. The van der Waals surface area contributed by atoms with Crippen molar-refractivity contribution in [1.29, 1.82) is 0 Å². The van der Waals surface area contributed by atoms with E-state index in [1.807, 2.05) is 62.4 Å². The van der Waals surface area contributed by atoms with E-state index in [0.717, 1.165) is 39.2 Å². The minimum absolute atomic E-state index is 0.181. The molecule has 0 aliphatic rings. The molecule has 0 aliphatic carbocycles. The number of pyridine rings is 1. The van der Waals surface area contributed by atoms with Gasteiger partial charge in [-0.15, -0.1) is 0 Å². The molecule has 2 aromatic carbocycles. The van der Waals surface area contributed by atoms with Gasteiger partial charge in [-0.05, 0) is 67.9 Å². The van der Waals surface area contributed by atoms with Crippen molar-refractivity contribution in [2.45, 2.75) is 13.8 Å². The lowest BCUT2D eigenvalue weighted by molar-refractivity contribution is 0.219. The highest BCUT2D eigenvalue weighted by molar-refractivity contribution is 5.91. The SMILES string of the molecule is Cc1ccc(Oc2ccc(Nc3ncnc4ccc(C#CCNC(=O)N(C)C)cc34)cc2C)cn1. The zero-order valence-electron chi connectivity index (χ0n) is 20.1. The van der Waals surface area contributed by atoms with Crippen molar-refractivity contribution in [2.75, 3.05) is 26.0 Å². The summed E-state index contributed by atoms with van der Waals surface area (Å²) in [6, 6.07) is 15.2. The average Bonchev–Trinajstić information content (AvgIpc) is 2.85. The van der Waals surface area contributed by atoms with Crippen LogP contribution in [0.25, 0.3) is 10.9 Å². The number of hydrogen-bond acceptors (Lipinski definition) is 6. The molecule has 0 unspecified atom stereocenters. The molecule has 2 aromatic heterocycles. The number of carbonyl (C=O) groups excluding carboxylic acids is 1. The van der Waals surface area contributed by atoms with Crippen molar-refractivity contribution in [3.05, 3.63) is 77.9 Å². The predicted octanol–water partition coefficient (Wildman–Crippen LogP) is 4.80. The molecule has 0 saturated carbocycles. The second kappa shape index (κ2) is 10.5. The fourth-order valence-corrected chi connectivity index (χ4v) is 3.28. The molecule has 0 spiro atoms. The van der Waals surface area contributed by atoms with Crippen molar-refractivity contribution >= 4 is 28.4 Å². The Bertz CT molecular complexity index is 1420. The van der Waals surface area contributed by atoms with E-state index in [-0.39, 0.29) is 12.6 Å². The third-order valence-electron chi connectivity index (χ3n) is 5.15. The highest BCUT2D eigenvalue weighted by Gasteiger charge is 2.08. The van der Waals surface area contributed by atoms with E-state index in [1.165, 1.54) is 11.2 Å². The van der Waals surface area contributed by atoms with Crippen molar-refractivity contribution in [2.24, 2.45) is 0 Å². The minimum atomic E-state index is -0.181. The molecule has 176 valence electrons. The Kier molecular flexibility index (Phi) is 7.07. The maximum atomic E-state index is 11.6. The van der Waals surface area contributed by atoms with Gasteiger partial charge in [-0.3, -0.25) is 4.98 Å². The van der Waals surface area contributed by atoms with E-state index in [4.69, 9.17) is 4.74 Å². The van der Waals surface area contributed by atoms with Gasteiger partial charge in [-0.2, -0.15) is 0 Å². The Balaban J connectivity index is 1.51. The summed E-state index contributed by atoms with van der Waals surface area (Å²) in [6.07, 6.45) is 3.24. The number of aryl methyl sites for hydroxylation is 2. The Labute approximate surface area is 204 Å². The maximum Gasteiger partial charge on any atom is 0.317 e. The fraction of sp³-hybridized carbons (Fsp3) is 0.185. The van der Waals surface area contributed by atoms with E-state index < -0.39 is 0 Å². The molecular weight excluding hydrogens is 440 g/mol. The molecule has 0 fully saturated rings. The van der Waals surface area contributed by atoms with E-state index in [0.29, 0.717) is 11.6 Å². The number of urea groups is 1. The second-order valence-electron chi connectivity index (χ2n) is 8.15. The molecule has 0 atom stereocenters. The van der Waals surface area contributed by atoms with Gasteiger partial charge >= 0.3 is 6.03 Å². The van der Waals surface area contributed by atoms with Crippen LogP contribution < -0.4 is 15.4 Å². The molecule has 8 nitrogen and oxygen atoms in total. The lowest BCUT2D eigenvalue weighted by Crippen LogP contribution is -2.34. The third-order valence-corrected chi connectivity index (χ3v) is 5.15. The molecule has 2 heterocycles. The first-order valence-corrected chi connectivity index (χ1v) is 11.1. The van der Waals surface area contributed by atoms with Crippen LogP contribution in [-0.2, 0) is 0 Å². The molecule has 2 amide bonds. The van der Waals surface area contributed by atoms with Crippen LogP contribution in [0.1, 0.15) is 16.8 Å². The standard InChI is InChI=1S/C27H26N6O2/c1-18-14-21(9-12-25(18)35-22-10-7-19(2)29-16-22)32-26-23-15-20(8-11-24(23)30-17-31-26)6-5-13-28-27(34)33(3)4/h7-12,14-17H,13H2,1-4H3,(H,28,34)(H,30,31,32). The van der Waals surface area contributed by atoms with Crippen molar-refractivity contribution in [1.82, 2.24) is 25.2 Å². The summed E-state index contributed by atoms with van der Waals surface area (Å²) in [4.78, 5) is 26.1. The number of rotatable bonds is 5. The first kappa shape index (κ1) is 23.5. The fourth-order valence-electron chi connectivity index (χ4n) is 3.28. The van der Waals surface area contributed by atoms with Gasteiger partial charge in [0.05, 0.1) is 18.3 Å². The number of ether oxygens (including phenoxy) is 1. The van der Waals surface area contributed by atoms with Crippen LogP contribution in [0, 0.1) is 25.7 Å². The number of aromatic nitrogens is 3. The zero-order valence-corrected chi connectivity index (χ0v) is 20.1. The summed E-state index contributed by atoms with van der Waals surface area (Å²) in [6.45, 7) is 4.19. The van der Waals surface area contributed by atoms with Crippen LogP contribution in [0.5, 0.6) is 11.5 Å². The van der Waals surface area contributed by atoms with Crippen LogP contribution in [0.15, 0.2) is 61.1 Å². The number of anilines is 2. The van der Waals surface area contributed by atoms with Crippen molar-refractivity contribution < 1.29 is 9.53 Å². The first-order valence-electron chi connectivity index (χ1n) is 11.1. The predicted molar refractivity (Wildman–Crippen MR) is 137 cm³/mol. The molecule has 4 rings (SSSR count). The Morgan fingerprint density at radius 2 is 1.89 bits per heavy atom. The molecule has 8 heteroatoms. The maximum absolute atomic E-state index is 11.6. The highest BCUT2D eigenvalue weighted by Crippen LogP contribution is 2.29. The normalized spacial score (nSPS) is 10.3. The number of nitrogens with zero attached hydrogens (tertiary/aromatic N) is 4. The number of nitrogens with one attached hydrogen (secondary N) is 2. The molecule has 0 bridgehead atoms. The number of hydrogen-bond donors (Lipinski definition) is 2. The summed E-state index contributed by atoms with van der Waals surface area (Å²) >= 11 is 0. The van der Waals surface area contributed by atoms with Gasteiger partial charge in [0.15, 0.2) is 0 Å². The molecule has 0 aliphatic heterocycles. The topological polar surface area (TPSA) is 92.3 Å². The van der Waals surface area contributed by atoms with Gasteiger partial charge in [-0.1, -0.05) is 11.8 Å². The lowest BCUT2D eigenvalue weighted by atomic mass is 10.1. The van der Waals surface area contributed by atoms with E-state index >= 15 is 0 Å². The van der Waals surface area contributed by atoms with Crippen LogP contribution in [0.3, 0.4) is 0 Å². The number of amides is 2. The second-order valence-corrected chi connectivity index (χ2v) is 8.15. The third kappa shape index (κ3) is 6.03. The summed E-state index contributed by atoms with van der Waals surface area (Å²) in [5.74, 6) is 8.17. The smallest absolute Gasteiger partial charge is 0.317 e. The largest absolute Gasteiger partial charge is 0.455 e. The van der Waals surface area contributed by atoms with Crippen molar-refractivity contribution in [3.63, 3.8) is 0 Å². The van der Waals surface area contributed by atoms with Crippen LogP contribution in [-0.4, -0.2) is 46.5 Å². The Morgan fingerprint density at radius 3 is 2.63 bits per heavy atom. The van der Waals surface area contributed by atoms with Gasteiger partial charge in [-0.25, -0.2) is 14.8 Å².